The van der Waals surface area contributed by atoms with Crippen molar-refractivity contribution in [3.05, 3.63) is 17.7 Å². The second-order valence-corrected chi connectivity index (χ2v) is 4.89. The van der Waals surface area contributed by atoms with Crippen molar-refractivity contribution in [1.82, 2.24) is 9.55 Å². The number of fused-ring (bicyclic) bond motifs is 1. The van der Waals surface area contributed by atoms with Crippen LogP contribution in [0.4, 0.5) is 0 Å². The van der Waals surface area contributed by atoms with E-state index in [-0.39, 0.29) is 0 Å². The molecule has 1 aromatic heterocycles. The van der Waals surface area contributed by atoms with E-state index in [9.17, 15) is 0 Å². The summed E-state index contributed by atoms with van der Waals surface area (Å²) >= 11 is 0. The highest BCUT2D eigenvalue weighted by atomic mass is 15.1. The zero-order chi connectivity index (χ0) is 10.3. The van der Waals surface area contributed by atoms with Gasteiger partial charge in [-0.3, -0.25) is 0 Å². The van der Waals surface area contributed by atoms with Gasteiger partial charge in [-0.25, -0.2) is 4.98 Å². The van der Waals surface area contributed by atoms with Crippen LogP contribution in [0.5, 0.6) is 0 Å². The third-order valence-corrected chi connectivity index (χ3v) is 4.10. The normalized spacial score (nSPS) is 29.7. The Bertz CT molecular complexity index is 354. The Kier molecular flexibility index (Phi) is 2.28. The minimum atomic E-state index is 0.657. The fourth-order valence-corrected chi connectivity index (χ4v) is 2.97. The molecule has 1 fully saturated rings. The van der Waals surface area contributed by atoms with Crippen LogP contribution in [0.3, 0.4) is 0 Å². The van der Waals surface area contributed by atoms with Gasteiger partial charge in [0.05, 0.1) is 12.0 Å². The van der Waals surface area contributed by atoms with Crippen LogP contribution in [0.15, 0.2) is 6.33 Å². The molecule has 2 aliphatic rings. The number of aromatic nitrogens is 2. The van der Waals surface area contributed by atoms with Crippen molar-refractivity contribution in [3.63, 3.8) is 0 Å². The number of aryl methyl sites for hydroxylation is 1. The Labute approximate surface area is 90.7 Å². The van der Waals surface area contributed by atoms with Gasteiger partial charge in [0, 0.05) is 11.7 Å². The third-order valence-electron chi connectivity index (χ3n) is 4.10. The molecule has 0 aromatic carbocycles. The molecular formula is C12H19N3. The Hall–Kier alpha value is -0.830. The quantitative estimate of drug-likeness (QED) is 0.798. The third kappa shape index (κ3) is 1.41. The Morgan fingerprint density at radius 1 is 1.33 bits per heavy atom. The lowest BCUT2D eigenvalue weighted by Gasteiger charge is -2.38. The number of hydrogen-bond donors (Lipinski definition) is 1. The molecule has 1 saturated carbocycles. The Balaban J connectivity index is 1.88. The minimum Gasteiger partial charge on any atom is -0.331 e. The average molecular weight is 205 g/mol. The van der Waals surface area contributed by atoms with E-state index in [0.717, 1.165) is 6.54 Å². The van der Waals surface area contributed by atoms with Gasteiger partial charge in [0.25, 0.3) is 0 Å². The molecule has 2 atom stereocenters. The number of nitrogens with two attached hydrogens (primary N) is 1. The molecule has 3 nitrogen and oxygen atoms in total. The lowest BCUT2D eigenvalue weighted by Crippen LogP contribution is -2.35. The predicted molar refractivity (Wildman–Crippen MR) is 59.7 cm³/mol. The number of nitrogens with zero attached hydrogens (tertiary/aromatic N) is 2. The van der Waals surface area contributed by atoms with E-state index in [1.165, 1.54) is 49.9 Å². The Morgan fingerprint density at radius 3 is 2.93 bits per heavy atom. The molecule has 0 spiro atoms. The van der Waals surface area contributed by atoms with Crippen molar-refractivity contribution in [2.45, 2.75) is 44.6 Å². The summed E-state index contributed by atoms with van der Waals surface area (Å²) in [6.07, 6.45) is 9.71. The fourth-order valence-electron chi connectivity index (χ4n) is 2.97. The second-order valence-electron chi connectivity index (χ2n) is 4.89. The second kappa shape index (κ2) is 3.63. The smallest absolute Gasteiger partial charge is 0.0954 e. The van der Waals surface area contributed by atoms with Crippen molar-refractivity contribution in [1.29, 1.82) is 0 Å². The molecule has 3 rings (SSSR count). The van der Waals surface area contributed by atoms with Crippen LogP contribution in [0.1, 0.15) is 43.1 Å². The highest BCUT2D eigenvalue weighted by molar-refractivity contribution is 5.18. The van der Waals surface area contributed by atoms with E-state index in [2.05, 4.69) is 15.9 Å². The van der Waals surface area contributed by atoms with Gasteiger partial charge >= 0.3 is 0 Å². The highest BCUT2D eigenvalue weighted by Gasteiger charge is 2.33. The maximum absolute atomic E-state index is 5.77. The molecule has 0 saturated heterocycles. The molecule has 3 heteroatoms. The van der Waals surface area contributed by atoms with E-state index in [1.54, 1.807) is 0 Å². The van der Waals surface area contributed by atoms with Crippen LogP contribution in [0.2, 0.25) is 0 Å². The Morgan fingerprint density at radius 2 is 2.20 bits per heavy atom. The zero-order valence-electron chi connectivity index (χ0n) is 9.15. The maximum Gasteiger partial charge on any atom is 0.0954 e. The van der Waals surface area contributed by atoms with Crippen LogP contribution in [0, 0.1) is 5.92 Å². The molecule has 1 heterocycles. The van der Waals surface area contributed by atoms with Gasteiger partial charge in [-0.2, -0.15) is 0 Å². The van der Waals surface area contributed by atoms with E-state index >= 15 is 0 Å². The van der Waals surface area contributed by atoms with E-state index in [0.29, 0.717) is 12.0 Å². The molecular weight excluding hydrogens is 186 g/mol. The first-order valence-electron chi connectivity index (χ1n) is 6.15. The molecule has 2 aliphatic carbocycles. The van der Waals surface area contributed by atoms with Crippen molar-refractivity contribution >= 4 is 0 Å². The lowest BCUT2D eigenvalue weighted by molar-refractivity contribution is 0.185. The van der Waals surface area contributed by atoms with Crippen molar-refractivity contribution < 1.29 is 0 Å². The molecule has 0 bridgehead atoms. The van der Waals surface area contributed by atoms with Crippen molar-refractivity contribution in [3.8, 4) is 0 Å². The molecule has 0 amide bonds. The zero-order valence-corrected chi connectivity index (χ0v) is 9.15. The topological polar surface area (TPSA) is 43.8 Å². The van der Waals surface area contributed by atoms with Crippen LogP contribution >= 0.6 is 0 Å². The molecule has 82 valence electrons. The van der Waals surface area contributed by atoms with Crippen LogP contribution in [0.25, 0.3) is 0 Å². The summed E-state index contributed by atoms with van der Waals surface area (Å²) in [5.41, 5.74) is 8.63. The van der Waals surface area contributed by atoms with Gasteiger partial charge in [-0.05, 0) is 51.0 Å². The van der Waals surface area contributed by atoms with Crippen LogP contribution in [-0.2, 0) is 12.8 Å². The molecule has 0 aliphatic heterocycles. The molecule has 0 radical (unpaired) electrons. The van der Waals surface area contributed by atoms with Crippen molar-refractivity contribution in [2.75, 3.05) is 6.54 Å². The van der Waals surface area contributed by atoms with Gasteiger partial charge in [0.1, 0.15) is 0 Å². The largest absolute Gasteiger partial charge is 0.331 e. The summed E-state index contributed by atoms with van der Waals surface area (Å²) in [5, 5.41) is 0. The lowest BCUT2D eigenvalue weighted by atomic mass is 9.79. The van der Waals surface area contributed by atoms with E-state index < -0.39 is 0 Å². The first kappa shape index (κ1) is 9.40. The summed E-state index contributed by atoms with van der Waals surface area (Å²) in [6, 6.07) is 0.657. The highest BCUT2D eigenvalue weighted by Crippen LogP contribution is 2.39. The standard InChI is InChI=1S/C12H19N3/c13-7-9-5-6-11(9)15-8-14-10-3-1-2-4-12(10)15/h8-9,11H,1-7,13H2. The summed E-state index contributed by atoms with van der Waals surface area (Å²) < 4.78 is 2.43. The molecule has 2 N–H and O–H groups in total. The average Bonchev–Trinajstić information content (AvgIpc) is 2.62. The minimum absolute atomic E-state index is 0.657. The molecule has 15 heavy (non-hydrogen) atoms. The predicted octanol–water partition coefficient (Wildman–Crippen LogP) is 1.67. The van der Waals surface area contributed by atoms with Gasteiger partial charge in [-0.15, -0.1) is 0 Å². The first-order valence-corrected chi connectivity index (χ1v) is 6.15. The monoisotopic (exact) mass is 205 g/mol. The van der Waals surface area contributed by atoms with Crippen molar-refractivity contribution in [2.24, 2.45) is 11.7 Å². The molecule has 1 aromatic rings. The SMILES string of the molecule is NCC1CCC1n1cnc2c1CCCC2. The fraction of sp³-hybridized carbons (Fsp3) is 0.750. The summed E-state index contributed by atoms with van der Waals surface area (Å²) in [5.74, 6) is 0.699. The number of imidazole rings is 1. The summed E-state index contributed by atoms with van der Waals surface area (Å²) in [4.78, 5) is 4.55. The van der Waals surface area contributed by atoms with Gasteiger partial charge in [0.2, 0.25) is 0 Å². The summed E-state index contributed by atoms with van der Waals surface area (Å²) in [6.45, 7) is 0.831. The van der Waals surface area contributed by atoms with Crippen LogP contribution in [-0.4, -0.2) is 16.1 Å². The van der Waals surface area contributed by atoms with E-state index in [4.69, 9.17) is 5.73 Å². The van der Waals surface area contributed by atoms with Gasteiger partial charge < -0.3 is 10.3 Å². The summed E-state index contributed by atoms with van der Waals surface area (Å²) in [7, 11) is 0. The maximum atomic E-state index is 5.77. The number of hydrogen-bond acceptors (Lipinski definition) is 2. The molecule has 2 unspecified atom stereocenters. The van der Waals surface area contributed by atoms with Gasteiger partial charge in [0.15, 0.2) is 0 Å². The van der Waals surface area contributed by atoms with Crippen LogP contribution < -0.4 is 5.73 Å². The first-order chi connectivity index (χ1) is 7.40. The van der Waals surface area contributed by atoms with E-state index in [1.807, 2.05) is 0 Å². The number of rotatable bonds is 2. The van der Waals surface area contributed by atoms with Gasteiger partial charge in [-0.1, -0.05) is 0 Å².